The van der Waals surface area contributed by atoms with Gasteiger partial charge in [-0.3, -0.25) is 0 Å². The number of carbonyl (C=O) groups excluding carboxylic acids is 1. The highest BCUT2D eigenvalue weighted by Crippen LogP contribution is 2.22. The summed E-state index contributed by atoms with van der Waals surface area (Å²) in [7, 11) is 1.35. The first-order chi connectivity index (χ1) is 9.24. The average Bonchev–Trinajstić information content (AvgIpc) is 2.48. The molecule has 1 aromatic rings. The van der Waals surface area contributed by atoms with Gasteiger partial charge < -0.3 is 15.4 Å². The minimum atomic E-state index is -0.409. The van der Waals surface area contributed by atoms with Crippen LogP contribution in [0.2, 0.25) is 0 Å². The van der Waals surface area contributed by atoms with Crippen molar-refractivity contribution < 1.29 is 9.53 Å². The van der Waals surface area contributed by atoms with Crippen molar-refractivity contribution in [3.05, 3.63) is 18.0 Å². The number of aromatic nitrogens is 2. The van der Waals surface area contributed by atoms with Crippen molar-refractivity contribution in [1.29, 1.82) is 0 Å². The van der Waals surface area contributed by atoms with Crippen molar-refractivity contribution in [3.8, 4) is 0 Å². The van der Waals surface area contributed by atoms with Crippen molar-refractivity contribution >= 4 is 36.7 Å². The van der Waals surface area contributed by atoms with E-state index in [2.05, 4.69) is 19.6 Å². The molecule has 0 aliphatic carbocycles. The first kappa shape index (κ1) is 19.9. The maximum Gasteiger partial charge on any atom is 0.341 e. The molecule has 0 amide bonds. The Morgan fingerprint density at radius 3 is 2.38 bits per heavy atom. The van der Waals surface area contributed by atoms with Crippen molar-refractivity contribution in [2.24, 2.45) is 11.7 Å². The van der Waals surface area contributed by atoms with Crippen LogP contribution in [0, 0.1) is 5.92 Å². The number of methoxy groups -OCH3 is 1. The van der Waals surface area contributed by atoms with Gasteiger partial charge in [0.25, 0.3) is 0 Å². The van der Waals surface area contributed by atoms with E-state index in [9.17, 15) is 4.79 Å². The SMILES string of the molecule is COC(=O)c1cnc(N2CCC(CCN)CC2)nc1.Cl.Cl. The standard InChI is InChI=1S/C13H20N4O2.2ClH/c1-19-12(18)11-8-15-13(16-9-11)17-6-3-10(2-5-14)4-7-17;;/h8-10H,2-7,14H2,1H3;2*1H. The second-order valence-electron chi connectivity index (χ2n) is 4.77. The molecule has 0 spiro atoms. The Morgan fingerprint density at radius 2 is 1.90 bits per heavy atom. The number of ether oxygens (including phenoxy) is 1. The molecule has 0 radical (unpaired) electrons. The molecule has 0 saturated carbocycles. The number of hydrogen-bond donors (Lipinski definition) is 1. The summed E-state index contributed by atoms with van der Waals surface area (Å²) in [5, 5.41) is 0. The lowest BCUT2D eigenvalue weighted by molar-refractivity contribution is 0.0600. The molecule has 2 heterocycles. The van der Waals surface area contributed by atoms with Crippen LogP contribution in [0.5, 0.6) is 0 Å². The zero-order valence-corrected chi connectivity index (χ0v) is 13.7. The van der Waals surface area contributed by atoms with Gasteiger partial charge in [-0.2, -0.15) is 0 Å². The summed E-state index contributed by atoms with van der Waals surface area (Å²) in [5.41, 5.74) is 5.96. The highest BCUT2D eigenvalue weighted by Gasteiger charge is 2.20. The predicted molar refractivity (Wildman–Crippen MR) is 86.5 cm³/mol. The summed E-state index contributed by atoms with van der Waals surface area (Å²) in [6.45, 7) is 2.65. The summed E-state index contributed by atoms with van der Waals surface area (Å²) in [5.74, 6) is 0.989. The third kappa shape index (κ3) is 5.30. The van der Waals surface area contributed by atoms with Gasteiger partial charge in [-0.1, -0.05) is 0 Å². The normalized spacial score (nSPS) is 14.9. The fourth-order valence-corrected chi connectivity index (χ4v) is 2.37. The van der Waals surface area contributed by atoms with E-state index in [-0.39, 0.29) is 24.8 Å². The topological polar surface area (TPSA) is 81.3 Å². The van der Waals surface area contributed by atoms with E-state index in [1.54, 1.807) is 0 Å². The molecular formula is C13H22Cl2N4O2. The molecular weight excluding hydrogens is 315 g/mol. The minimum Gasteiger partial charge on any atom is -0.465 e. The smallest absolute Gasteiger partial charge is 0.341 e. The van der Waals surface area contributed by atoms with Crippen LogP contribution in [0.15, 0.2) is 12.4 Å². The lowest BCUT2D eigenvalue weighted by atomic mass is 9.94. The van der Waals surface area contributed by atoms with Crippen LogP contribution in [0.1, 0.15) is 29.6 Å². The van der Waals surface area contributed by atoms with Crippen molar-refractivity contribution in [2.75, 3.05) is 31.6 Å². The molecule has 1 aliphatic rings. The van der Waals surface area contributed by atoms with Crippen LogP contribution in [0.3, 0.4) is 0 Å². The maximum atomic E-state index is 11.3. The molecule has 6 nitrogen and oxygen atoms in total. The monoisotopic (exact) mass is 336 g/mol. The van der Waals surface area contributed by atoms with Gasteiger partial charge in [0.1, 0.15) is 0 Å². The number of nitrogens with zero attached hydrogens (tertiary/aromatic N) is 3. The van der Waals surface area contributed by atoms with E-state index in [1.165, 1.54) is 19.5 Å². The van der Waals surface area contributed by atoms with Gasteiger partial charge in [0, 0.05) is 25.5 Å². The molecule has 1 fully saturated rings. The molecule has 2 rings (SSSR count). The summed E-state index contributed by atoms with van der Waals surface area (Å²) in [6.07, 6.45) is 6.37. The van der Waals surface area contributed by atoms with E-state index in [0.29, 0.717) is 11.5 Å². The minimum absolute atomic E-state index is 0. The Morgan fingerprint density at radius 1 is 1.33 bits per heavy atom. The third-order valence-corrected chi connectivity index (χ3v) is 3.53. The van der Waals surface area contributed by atoms with E-state index in [0.717, 1.165) is 44.8 Å². The lowest BCUT2D eigenvalue weighted by Gasteiger charge is -2.31. The van der Waals surface area contributed by atoms with E-state index >= 15 is 0 Å². The van der Waals surface area contributed by atoms with Gasteiger partial charge >= 0.3 is 5.97 Å². The number of esters is 1. The van der Waals surface area contributed by atoms with Gasteiger partial charge in [-0.05, 0) is 31.7 Å². The highest BCUT2D eigenvalue weighted by molar-refractivity contribution is 5.88. The Bertz CT molecular complexity index is 423. The predicted octanol–water partition coefficient (Wildman–Crippen LogP) is 1.67. The molecule has 8 heteroatoms. The number of anilines is 1. The van der Waals surface area contributed by atoms with Gasteiger partial charge in [0.15, 0.2) is 0 Å². The Labute approximate surface area is 137 Å². The quantitative estimate of drug-likeness (QED) is 0.842. The number of rotatable bonds is 4. The van der Waals surface area contributed by atoms with Gasteiger partial charge in [0.2, 0.25) is 5.95 Å². The molecule has 0 atom stereocenters. The van der Waals surface area contributed by atoms with Crippen LogP contribution >= 0.6 is 24.8 Å². The zero-order valence-electron chi connectivity index (χ0n) is 12.0. The van der Waals surface area contributed by atoms with Crippen LogP contribution < -0.4 is 10.6 Å². The van der Waals surface area contributed by atoms with Crippen molar-refractivity contribution in [2.45, 2.75) is 19.3 Å². The van der Waals surface area contributed by atoms with Crippen LogP contribution in [-0.2, 0) is 4.74 Å². The molecule has 120 valence electrons. The second-order valence-corrected chi connectivity index (χ2v) is 4.77. The molecule has 21 heavy (non-hydrogen) atoms. The number of nitrogens with two attached hydrogens (primary N) is 1. The largest absolute Gasteiger partial charge is 0.465 e. The first-order valence-corrected chi connectivity index (χ1v) is 6.60. The van der Waals surface area contributed by atoms with Crippen LogP contribution in [0.4, 0.5) is 5.95 Å². The lowest BCUT2D eigenvalue weighted by Crippen LogP contribution is -2.35. The fourth-order valence-electron chi connectivity index (χ4n) is 2.37. The highest BCUT2D eigenvalue weighted by atomic mass is 35.5. The van der Waals surface area contributed by atoms with Crippen LogP contribution in [-0.4, -0.2) is 42.7 Å². The van der Waals surface area contributed by atoms with Gasteiger partial charge in [-0.15, -0.1) is 24.8 Å². The van der Waals surface area contributed by atoms with Gasteiger partial charge in [-0.25, -0.2) is 14.8 Å². The molecule has 0 unspecified atom stereocenters. The Kier molecular flexibility index (Phi) is 9.24. The molecule has 1 aromatic heterocycles. The maximum absolute atomic E-state index is 11.3. The number of piperidine rings is 1. The second kappa shape index (κ2) is 9.76. The van der Waals surface area contributed by atoms with Crippen molar-refractivity contribution in [3.63, 3.8) is 0 Å². The van der Waals surface area contributed by atoms with E-state index in [4.69, 9.17) is 5.73 Å². The third-order valence-electron chi connectivity index (χ3n) is 3.53. The Balaban J connectivity index is 0.00000200. The molecule has 1 saturated heterocycles. The molecule has 0 bridgehead atoms. The zero-order chi connectivity index (χ0) is 13.7. The summed E-state index contributed by atoms with van der Waals surface area (Å²) in [6, 6.07) is 0. The fraction of sp³-hybridized carbons (Fsp3) is 0.615. The van der Waals surface area contributed by atoms with Crippen LogP contribution in [0.25, 0.3) is 0 Å². The molecule has 2 N–H and O–H groups in total. The number of halogens is 2. The van der Waals surface area contributed by atoms with E-state index < -0.39 is 5.97 Å². The summed E-state index contributed by atoms with van der Waals surface area (Å²) in [4.78, 5) is 21.9. The molecule has 1 aliphatic heterocycles. The molecule has 0 aromatic carbocycles. The summed E-state index contributed by atoms with van der Waals surface area (Å²) < 4.78 is 4.62. The number of hydrogen-bond acceptors (Lipinski definition) is 6. The van der Waals surface area contributed by atoms with Crippen molar-refractivity contribution in [1.82, 2.24) is 9.97 Å². The van der Waals surface area contributed by atoms with Gasteiger partial charge in [0.05, 0.1) is 12.7 Å². The average molecular weight is 337 g/mol. The summed E-state index contributed by atoms with van der Waals surface area (Å²) >= 11 is 0. The van der Waals surface area contributed by atoms with E-state index in [1.807, 2.05) is 0 Å². The number of carbonyl (C=O) groups is 1. The Hall–Kier alpha value is -1.11. The first-order valence-electron chi connectivity index (χ1n) is 6.60.